The molecule has 1 aliphatic rings. The Bertz CT molecular complexity index is 678. The van der Waals surface area contributed by atoms with E-state index in [1.165, 1.54) is 0 Å². The number of carbonyl (C=O) groups is 2. The summed E-state index contributed by atoms with van der Waals surface area (Å²) in [6.45, 7) is 1.69. The van der Waals surface area contributed by atoms with Gasteiger partial charge in [-0.3, -0.25) is 9.59 Å². The molecule has 0 atom stereocenters. The molecule has 1 aromatic carbocycles. The maximum atomic E-state index is 12.4. The summed E-state index contributed by atoms with van der Waals surface area (Å²) in [5.74, 6) is 0.522. The van der Waals surface area contributed by atoms with E-state index in [0.717, 1.165) is 5.82 Å². The quantitative estimate of drug-likeness (QED) is 0.891. The molecule has 6 nitrogen and oxygen atoms in total. The first-order valence-corrected chi connectivity index (χ1v) is 6.81. The molecule has 2 amide bonds. The minimum Gasteiger partial charge on any atom is -0.354 e. The lowest BCUT2D eigenvalue weighted by molar-refractivity contribution is 0.0707. The number of nitrogens with one attached hydrogen (secondary N) is 1. The van der Waals surface area contributed by atoms with Crippen molar-refractivity contribution in [1.82, 2.24) is 19.8 Å². The number of benzene rings is 1. The van der Waals surface area contributed by atoms with Gasteiger partial charge < -0.3 is 14.8 Å². The summed E-state index contributed by atoms with van der Waals surface area (Å²) in [7, 11) is 1.58. The first-order valence-electron chi connectivity index (χ1n) is 6.81. The second kappa shape index (κ2) is 5.40. The maximum Gasteiger partial charge on any atom is 0.271 e. The minimum atomic E-state index is -0.210. The molecule has 0 fully saturated rings. The van der Waals surface area contributed by atoms with Gasteiger partial charge in [-0.15, -0.1) is 0 Å². The Morgan fingerprint density at radius 2 is 1.95 bits per heavy atom. The first kappa shape index (κ1) is 13.4. The molecule has 1 aliphatic heterocycles. The number of imidazole rings is 1. The van der Waals surface area contributed by atoms with Crippen LogP contribution in [0.2, 0.25) is 0 Å². The van der Waals surface area contributed by atoms with Gasteiger partial charge in [0, 0.05) is 31.9 Å². The predicted octanol–water partition coefficient (Wildman–Crippen LogP) is 0.899. The molecular formula is C15H16N4O2. The zero-order chi connectivity index (χ0) is 14.8. The van der Waals surface area contributed by atoms with Crippen molar-refractivity contribution in [3.8, 4) is 0 Å². The van der Waals surface area contributed by atoms with E-state index in [-0.39, 0.29) is 11.8 Å². The SMILES string of the molecule is CNC(=O)c1cn2c(n1)CN(C(=O)c1ccccc1)CC2. The third-order valence-corrected chi connectivity index (χ3v) is 3.57. The molecule has 0 radical (unpaired) electrons. The minimum absolute atomic E-state index is 0.00802. The molecule has 108 valence electrons. The summed E-state index contributed by atoms with van der Waals surface area (Å²) in [6, 6.07) is 9.19. The molecule has 2 aromatic rings. The van der Waals surface area contributed by atoms with Crippen LogP contribution in [0.15, 0.2) is 36.5 Å². The molecule has 0 spiro atoms. The molecule has 21 heavy (non-hydrogen) atoms. The van der Waals surface area contributed by atoms with Crippen LogP contribution < -0.4 is 5.32 Å². The topological polar surface area (TPSA) is 67.2 Å². The van der Waals surface area contributed by atoms with Crippen molar-refractivity contribution in [1.29, 1.82) is 0 Å². The van der Waals surface area contributed by atoms with E-state index in [0.29, 0.717) is 30.9 Å². The molecule has 1 N–H and O–H groups in total. The summed E-state index contributed by atoms with van der Waals surface area (Å²) in [4.78, 5) is 30.1. The average Bonchev–Trinajstić information content (AvgIpc) is 2.97. The monoisotopic (exact) mass is 284 g/mol. The third kappa shape index (κ3) is 2.52. The van der Waals surface area contributed by atoms with Gasteiger partial charge >= 0.3 is 0 Å². The van der Waals surface area contributed by atoms with Gasteiger partial charge in [-0.2, -0.15) is 0 Å². The maximum absolute atomic E-state index is 12.4. The van der Waals surface area contributed by atoms with E-state index in [2.05, 4.69) is 10.3 Å². The fraction of sp³-hybridized carbons (Fsp3) is 0.267. The summed E-state index contributed by atoms with van der Waals surface area (Å²) in [5, 5.41) is 2.55. The molecular weight excluding hydrogens is 268 g/mol. The number of amides is 2. The van der Waals surface area contributed by atoms with Crippen LogP contribution in [-0.4, -0.2) is 39.9 Å². The van der Waals surface area contributed by atoms with Gasteiger partial charge in [0.2, 0.25) is 0 Å². The first-order chi connectivity index (χ1) is 10.2. The lowest BCUT2D eigenvalue weighted by Crippen LogP contribution is -2.38. The highest BCUT2D eigenvalue weighted by molar-refractivity contribution is 5.94. The van der Waals surface area contributed by atoms with Gasteiger partial charge in [0.05, 0.1) is 6.54 Å². The van der Waals surface area contributed by atoms with E-state index in [1.807, 2.05) is 22.8 Å². The van der Waals surface area contributed by atoms with E-state index >= 15 is 0 Å². The average molecular weight is 284 g/mol. The number of carbonyl (C=O) groups excluding carboxylic acids is 2. The molecule has 0 bridgehead atoms. The second-order valence-corrected chi connectivity index (χ2v) is 4.91. The fourth-order valence-electron chi connectivity index (χ4n) is 2.43. The normalized spacial score (nSPS) is 13.7. The molecule has 1 aromatic heterocycles. The Morgan fingerprint density at radius 3 is 2.67 bits per heavy atom. The van der Waals surface area contributed by atoms with E-state index in [1.54, 1.807) is 30.3 Å². The van der Waals surface area contributed by atoms with Gasteiger partial charge in [0.25, 0.3) is 11.8 Å². The zero-order valence-corrected chi connectivity index (χ0v) is 11.7. The zero-order valence-electron chi connectivity index (χ0n) is 11.7. The summed E-state index contributed by atoms with van der Waals surface area (Å²) in [5.41, 5.74) is 1.06. The summed E-state index contributed by atoms with van der Waals surface area (Å²) >= 11 is 0. The van der Waals surface area contributed by atoms with E-state index < -0.39 is 0 Å². The number of nitrogens with zero attached hydrogens (tertiary/aromatic N) is 3. The van der Waals surface area contributed by atoms with Crippen molar-refractivity contribution in [2.75, 3.05) is 13.6 Å². The largest absolute Gasteiger partial charge is 0.354 e. The Hall–Kier alpha value is -2.63. The molecule has 0 saturated carbocycles. The Balaban J connectivity index is 1.80. The number of fused-ring (bicyclic) bond motifs is 1. The van der Waals surface area contributed by atoms with Crippen LogP contribution in [0.1, 0.15) is 26.7 Å². The van der Waals surface area contributed by atoms with Gasteiger partial charge in [-0.1, -0.05) is 18.2 Å². The molecule has 0 saturated heterocycles. The van der Waals surface area contributed by atoms with Crippen LogP contribution in [0.25, 0.3) is 0 Å². The highest BCUT2D eigenvalue weighted by Gasteiger charge is 2.24. The van der Waals surface area contributed by atoms with E-state index in [9.17, 15) is 9.59 Å². The molecule has 0 aliphatic carbocycles. The van der Waals surface area contributed by atoms with Gasteiger partial charge in [-0.05, 0) is 12.1 Å². The number of rotatable bonds is 2. The van der Waals surface area contributed by atoms with Gasteiger partial charge in [0.15, 0.2) is 0 Å². The number of aromatic nitrogens is 2. The summed E-state index contributed by atoms with van der Waals surface area (Å²) in [6.07, 6.45) is 1.73. The van der Waals surface area contributed by atoms with Crippen molar-refractivity contribution in [3.63, 3.8) is 0 Å². The predicted molar refractivity (Wildman–Crippen MR) is 76.8 cm³/mol. The van der Waals surface area contributed by atoms with Crippen LogP contribution in [0, 0.1) is 0 Å². The molecule has 3 rings (SSSR count). The number of hydrogen-bond donors (Lipinski definition) is 1. The van der Waals surface area contributed by atoms with Crippen LogP contribution >= 0.6 is 0 Å². The van der Waals surface area contributed by atoms with E-state index in [4.69, 9.17) is 0 Å². The van der Waals surface area contributed by atoms with Crippen molar-refractivity contribution >= 4 is 11.8 Å². The standard InChI is InChI=1S/C15H16N4O2/c1-16-14(20)12-9-18-7-8-19(10-13(18)17-12)15(21)11-5-3-2-4-6-11/h2-6,9H,7-8,10H2,1H3,(H,16,20). The Morgan fingerprint density at radius 1 is 1.19 bits per heavy atom. The fourth-order valence-corrected chi connectivity index (χ4v) is 2.43. The van der Waals surface area contributed by atoms with Crippen LogP contribution in [-0.2, 0) is 13.1 Å². The van der Waals surface area contributed by atoms with Crippen LogP contribution in [0.4, 0.5) is 0 Å². The smallest absolute Gasteiger partial charge is 0.271 e. The number of hydrogen-bond acceptors (Lipinski definition) is 3. The van der Waals surface area contributed by atoms with Crippen molar-refractivity contribution in [2.45, 2.75) is 13.1 Å². The second-order valence-electron chi connectivity index (χ2n) is 4.91. The molecule has 0 unspecified atom stereocenters. The van der Waals surface area contributed by atoms with Gasteiger partial charge in [-0.25, -0.2) is 4.98 Å². The third-order valence-electron chi connectivity index (χ3n) is 3.57. The molecule has 2 heterocycles. The van der Waals surface area contributed by atoms with Gasteiger partial charge in [0.1, 0.15) is 11.5 Å². The lowest BCUT2D eigenvalue weighted by Gasteiger charge is -2.27. The van der Waals surface area contributed by atoms with Crippen molar-refractivity contribution in [3.05, 3.63) is 53.6 Å². The van der Waals surface area contributed by atoms with Crippen molar-refractivity contribution in [2.24, 2.45) is 0 Å². The highest BCUT2D eigenvalue weighted by Crippen LogP contribution is 2.15. The summed E-state index contributed by atoms with van der Waals surface area (Å²) < 4.78 is 1.93. The Kier molecular flexibility index (Phi) is 3.43. The Labute approximate surface area is 122 Å². The highest BCUT2D eigenvalue weighted by atomic mass is 16.2. The van der Waals surface area contributed by atoms with Crippen LogP contribution in [0.3, 0.4) is 0 Å². The molecule has 6 heteroatoms. The van der Waals surface area contributed by atoms with Crippen molar-refractivity contribution < 1.29 is 9.59 Å². The lowest BCUT2D eigenvalue weighted by atomic mass is 10.2. The van der Waals surface area contributed by atoms with Crippen LogP contribution in [0.5, 0.6) is 0 Å².